The second-order valence-electron chi connectivity index (χ2n) is 6.75. The molecule has 0 bridgehead atoms. The maximum atomic E-state index is 12.7. The Morgan fingerprint density at radius 2 is 1.81 bits per heavy atom. The van der Waals surface area contributed by atoms with Gasteiger partial charge in [-0.2, -0.15) is 0 Å². The summed E-state index contributed by atoms with van der Waals surface area (Å²) in [6.45, 7) is 3.36. The minimum atomic E-state index is -0.0750. The zero-order chi connectivity index (χ0) is 19.1. The number of aromatic nitrogens is 1. The van der Waals surface area contributed by atoms with Gasteiger partial charge in [0.1, 0.15) is 0 Å². The van der Waals surface area contributed by atoms with Crippen molar-refractivity contribution in [1.82, 2.24) is 15.2 Å². The Hall–Kier alpha value is -2.34. The van der Waals surface area contributed by atoms with Gasteiger partial charge < -0.3 is 10.2 Å². The van der Waals surface area contributed by atoms with Gasteiger partial charge in [-0.25, -0.2) is 0 Å². The summed E-state index contributed by atoms with van der Waals surface area (Å²) in [5.41, 5.74) is 1.86. The standard InChI is InChI=1S/C21H25N3O2S/c1-16(27-15-17-5-3-2-4-6-17)21(26)24-13-9-19(10-14-24)23-20(25)18-7-11-22-12-8-18/h2-8,11-12,16,19H,9-10,13-15H2,1H3,(H,23,25)/t16-/m0/s1. The molecule has 1 aliphatic rings. The zero-order valence-corrected chi connectivity index (χ0v) is 16.3. The van der Waals surface area contributed by atoms with Crippen LogP contribution >= 0.6 is 11.8 Å². The van der Waals surface area contributed by atoms with E-state index in [9.17, 15) is 9.59 Å². The predicted molar refractivity (Wildman–Crippen MR) is 109 cm³/mol. The van der Waals surface area contributed by atoms with E-state index in [-0.39, 0.29) is 23.1 Å². The second kappa shape index (κ2) is 9.55. The number of rotatable bonds is 6. The first-order valence-corrected chi connectivity index (χ1v) is 10.3. The average molecular weight is 384 g/mol. The lowest BCUT2D eigenvalue weighted by Gasteiger charge is -2.33. The Balaban J connectivity index is 1.42. The van der Waals surface area contributed by atoms with Crippen molar-refractivity contribution in [2.45, 2.75) is 36.8 Å². The van der Waals surface area contributed by atoms with Crippen LogP contribution in [0.3, 0.4) is 0 Å². The first-order valence-electron chi connectivity index (χ1n) is 9.28. The molecule has 2 heterocycles. The smallest absolute Gasteiger partial charge is 0.251 e. The molecule has 1 aliphatic heterocycles. The topological polar surface area (TPSA) is 62.3 Å². The normalized spacial score (nSPS) is 16.0. The fourth-order valence-corrected chi connectivity index (χ4v) is 4.07. The molecule has 1 aromatic heterocycles. The van der Waals surface area contributed by atoms with Crippen molar-refractivity contribution in [3.05, 3.63) is 66.0 Å². The van der Waals surface area contributed by atoms with E-state index in [1.807, 2.05) is 30.0 Å². The summed E-state index contributed by atoms with van der Waals surface area (Å²) in [5.74, 6) is 0.954. The molecule has 3 rings (SSSR count). The van der Waals surface area contributed by atoms with Crippen LogP contribution in [-0.4, -0.2) is 46.1 Å². The number of carbonyl (C=O) groups excluding carboxylic acids is 2. The highest BCUT2D eigenvalue weighted by Gasteiger charge is 2.27. The summed E-state index contributed by atoms with van der Waals surface area (Å²) in [7, 11) is 0. The van der Waals surface area contributed by atoms with Gasteiger partial charge >= 0.3 is 0 Å². The quantitative estimate of drug-likeness (QED) is 0.833. The lowest BCUT2D eigenvalue weighted by molar-refractivity contribution is -0.131. The van der Waals surface area contributed by atoms with E-state index in [1.165, 1.54) is 5.56 Å². The largest absolute Gasteiger partial charge is 0.349 e. The molecule has 0 saturated carbocycles. The minimum Gasteiger partial charge on any atom is -0.349 e. The highest BCUT2D eigenvalue weighted by Crippen LogP contribution is 2.21. The van der Waals surface area contributed by atoms with Gasteiger partial charge in [0, 0.05) is 42.8 Å². The highest BCUT2D eigenvalue weighted by molar-refractivity contribution is 7.99. The number of hydrogen-bond acceptors (Lipinski definition) is 4. The Morgan fingerprint density at radius 1 is 1.15 bits per heavy atom. The number of pyridine rings is 1. The van der Waals surface area contributed by atoms with E-state index >= 15 is 0 Å². The van der Waals surface area contributed by atoms with E-state index in [4.69, 9.17) is 0 Å². The van der Waals surface area contributed by atoms with Crippen LogP contribution in [0.4, 0.5) is 0 Å². The third-order valence-electron chi connectivity index (χ3n) is 4.77. The van der Waals surface area contributed by atoms with Crippen molar-refractivity contribution in [3.8, 4) is 0 Å². The number of thioether (sulfide) groups is 1. The monoisotopic (exact) mass is 383 g/mol. The van der Waals surface area contributed by atoms with Gasteiger partial charge in [-0.05, 0) is 37.5 Å². The molecule has 27 heavy (non-hydrogen) atoms. The van der Waals surface area contributed by atoms with Gasteiger partial charge in [0.25, 0.3) is 5.91 Å². The number of nitrogens with zero attached hydrogens (tertiary/aromatic N) is 2. The second-order valence-corrected chi connectivity index (χ2v) is 8.08. The number of nitrogens with one attached hydrogen (secondary N) is 1. The molecule has 142 valence electrons. The summed E-state index contributed by atoms with van der Waals surface area (Å²) in [5, 5.41) is 3.00. The highest BCUT2D eigenvalue weighted by atomic mass is 32.2. The van der Waals surface area contributed by atoms with Crippen molar-refractivity contribution in [1.29, 1.82) is 0 Å². The maximum absolute atomic E-state index is 12.7. The van der Waals surface area contributed by atoms with Crippen LogP contribution < -0.4 is 5.32 Å². The summed E-state index contributed by atoms with van der Waals surface area (Å²) in [4.78, 5) is 30.8. The van der Waals surface area contributed by atoms with Crippen LogP contribution in [0.25, 0.3) is 0 Å². The molecule has 0 radical (unpaired) electrons. The summed E-state index contributed by atoms with van der Waals surface area (Å²) in [6.07, 6.45) is 4.81. The zero-order valence-electron chi connectivity index (χ0n) is 15.5. The molecule has 0 aliphatic carbocycles. The van der Waals surface area contributed by atoms with Crippen molar-refractivity contribution in [2.75, 3.05) is 13.1 Å². The molecule has 1 aromatic carbocycles. The van der Waals surface area contributed by atoms with Crippen LogP contribution in [0.5, 0.6) is 0 Å². The number of hydrogen-bond donors (Lipinski definition) is 1. The Bertz CT molecular complexity index is 747. The van der Waals surface area contributed by atoms with Crippen molar-refractivity contribution in [2.24, 2.45) is 0 Å². The van der Waals surface area contributed by atoms with Gasteiger partial charge in [0.15, 0.2) is 0 Å². The molecule has 1 N–H and O–H groups in total. The number of likely N-dealkylation sites (tertiary alicyclic amines) is 1. The third kappa shape index (κ3) is 5.57. The number of piperidine rings is 1. The first-order chi connectivity index (χ1) is 13.1. The Labute approximate surface area is 164 Å². The summed E-state index contributed by atoms with van der Waals surface area (Å²) in [6, 6.07) is 13.7. The van der Waals surface area contributed by atoms with Gasteiger partial charge in [0.2, 0.25) is 5.91 Å². The molecule has 2 amide bonds. The molecule has 0 unspecified atom stereocenters. The Kier molecular flexibility index (Phi) is 6.87. The van der Waals surface area contributed by atoms with E-state index in [0.29, 0.717) is 18.7 Å². The van der Waals surface area contributed by atoms with E-state index in [0.717, 1.165) is 18.6 Å². The predicted octanol–water partition coefficient (Wildman–Crippen LogP) is 3.12. The van der Waals surface area contributed by atoms with Crippen LogP contribution in [0, 0.1) is 0 Å². The summed E-state index contributed by atoms with van der Waals surface area (Å²) < 4.78 is 0. The molecular formula is C21H25N3O2S. The van der Waals surface area contributed by atoms with Crippen molar-refractivity contribution in [3.63, 3.8) is 0 Å². The van der Waals surface area contributed by atoms with Crippen molar-refractivity contribution < 1.29 is 9.59 Å². The molecule has 5 nitrogen and oxygen atoms in total. The SMILES string of the molecule is C[C@H](SCc1ccccc1)C(=O)N1CCC(NC(=O)c2ccncc2)CC1. The first kappa shape index (κ1) is 19.4. The molecular weight excluding hydrogens is 358 g/mol. The number of carbonyl (C=O) groups is 2. The molecule has 0 spiro atoms. The van der Waals surface area contributed by atoms with Crippen LogP contribution in [0.1, 0.15) is 35.7 Å². The van der Waals surface area contributed by atoms with Gasteiger partial charge in [0.05, 0.1) is 5.25 Å². The molecule has 1 fully saturated rings. The van der Waals surface area contributed by atoms with Gasteiger partial charge in [-0.3, -0.25) is 14.6 Å². The fourth-order valence-electron chi connectivity index (χ4n) is 3.14. The number of benzene rings is 1. The molecule has 1 atom stereocenters. The molecule has 2 aromatic rings. The third-order valence-corrected chi connectivity index (χ3v) is 5.98. The van der Waals surface area contributed by atoms with Crippen LogP contribution in [0.15, 0.2) is 54.9 Å². The minimum absolute atomic E-state index is 0.0619. The average Bonchev–Trinajstić information content (AvgIpc) is 2.73. The summed E-state index contributed by atoms with van der Waals surface area (Å²) >= 11 is 1.67. The number of amides is 2. The fraction of sp³-hybridized carbons (Fsp3) is 0.381. The maximum Gasteiger partial charge on any atom is 0.251 e. The van der Waals surface area contributed by atoms with E-state index < -0.39 is 0 Å². The lowest BCUT2D eigenvalue weighted by atomic mass is 10.0. The van der Waals surface area contributed by atoms with E-state index in [1.54, 1.807) is 36.3 Å². The van der Waals surface area contributed by atoms with Crippen LogP contribution in [0.2, 0.25) is 0 Å². The Morgan fingerprint density at radius 3 is 2.48 bits per heavy atom. The molecule has 6 heteroatoms. The van der Waals surface area contributed by atoms with Crippen LogP contribution in [-0.2, 0) is 10.5 Å². The lowest BCUT2D eigenvalue weighted by Crippen LogP contribution is -2.48. The van der Waals surface area contributed by atoms with Gasteiger partial charge in [-0.15, -0.1) is 11.8 Å². The van der Waals surface area contributed by atoms with Crippen molar-refractivity contribution >= 4 is 23.6 Å². The molecule has 1 saturated heterocycles. The van der Waals surface area contributed by atoms with E-state index in [2.05, 4.69) is 22.4 Å². The van der Waals surface area contributed by atoms with Gasteiger partial charge in [-0.1, -0.05) is 30.3 Å².